The molecule has 0 heterocycles. The van der Waals surface area contributed by atoms with Crippen LogP contribution < -0.4 is 5.46 Å². The predicted molar refractivity (Wildman–Crippen MR) is 70.0 cm³/mol. The summed E-state index contributed by atoms with van der Waals surface area (Å²) >= 11 is 0. The first-order valence-corrected chi connectivity index (χ1v) is 6.23. The van der Waals surface area contributed by atoms with E-state index >= 15 is 0 Å². The van der Waals surface area contributed by atoms with Gasteiger partial charge in [0, 0.05) is 0 Å². The van der Waals surface area contributed by atoms with E-state index in [9.17, 15) is 0 Å². The molecule has 0 bridgehead atoms. The molecule has 1 rings (SSSR count). The van der Waals surface area contributed by atoms with Crippen molar-refractivity contribution in [3.63, 3.8) is 0 Å². The van der Waals surface area contributed by atoms with Gasteiger partial charge < -0.3 is 0 Å². The Morgan fingerprint density at radius 3 is 2.47 bits per heavy atom. The Morgan fingerprint density at radius 2 is 1.80 bits per heavy atom. The molecule has 0 saturated carbocycles. The first kappa shape index (κ1) is 12.4. The van der Waals surface area contributed by atoms with Crippen LogP contribution in [0, 0.1) is 0 Å². The van der Waals surface area contributed by atoms with E-state index < -0.39 is 0 Å². The normalized spacial score (nSPS) is 12.4. The molecule has 0 aromatic heterocycles. The predicted octanol–water partition coefficient (Wildman–Crippen LogP) is 3.79. The van der Waals surface area contributed by atoms with Gasteiger partial charge in [-0.25, -0.2) is 0 Å². The average molecular weight is 201 g/mol. The first-order chi connectivity index (χ1) is 7.33. The standard InChI is InChI=1S/C14H22B/c1-3-4-5-7-10-13(2)15-14-11-8-6-9-12-14/h6,8-9,11-13H,3-5,7,10H2,1-2H3. The number of hydrogen-bond donors (Lipinski definition) is 0. The number of hydrogen-bond acceptors (Lipinski definition) is 0. The fourth-order valence-electron chi connectivity index (χ4n) is 1.87. The van der Waals surface area contributed by atoms with Crippen molar-refractivity contribution >= 4 is 12.7 Å². The van der Waals surface area contributed by atoms with E-state index in [4.69, 9.17) is 0 Å². The van der Waals surface area contributed by atoms with Gasteiger partial charge in [-0.2, -0.15) is 0 Å². The van der Waals surface area contributed by atoms with Crippen molar-refractivity contribution in [2.75, 3.05) is 0 Å². The quantitative estimate of drug-likeness (QED) is 0.465. The van der Waals surface area contributed by atoms with E-state index in [-0.39, 0.29) is 0 Å². The van der Waals surface area contributed by atoms with Gasteiger partial charge in [0.15, 0.2) is 7.28 Å². The highest BCUT2D eigenvalue weighted by Crippen LogP contribution is 2.13. The summed E-state index contributed by atoms with van der Waals surface area (Å²) in [5.74, 6) is 0.712. The maximum absolute atomic E-state index is 2.38. The Kier molecular flexibility index (Phi) is 6.23. The zero-order chi connectivity index (χ0) is 10.9. The van der Waals surface area contributed by atoms with Gasteiger partial charge in [0.25, 0.3) is 0 Å². The van der Waals surface area contributed by atoms with Gasteiger partial charge in [0.05, 0.1) is 0 Å². The first-order valence-electron chi connectivity index (χ1n) is 6.23. The molecule has 1 unspecified atom stereocenters. The molecule has 1 aromatic rings. The lowest BCUT2D eigenvalue weighted by atomic mass is 9.58. The molecule has 1 heteroatoms. The minimum absolute atomic E-state index is 0.712. The maximum Gasteiger partial charge on any atom is 0.154 e. The number of unbranched alkanes of at least 4 members (excludes halogenated alkanes) is 3. The minimum atomic E-state index is 0.712. The third kappa shape index (κ3) is 5.66. The van der Waals surface area contributed by atoms with Crippen LogP contribution in [0.4, 0.5) is 0 Å². The molecule has 0 amide bonds. The largest absolute Gasteiger partial charge is 0.154 e. The van der Waals surface area contributed by atoms with Gasteiger partial charge in [-0.15, -0.1) is 0 Å². The molecular weight excluding hydrogens is 179 g/mol. The van der Waals surface area contributed by atoms with Crippen molar-refractivity contribution in [3.05, 3.63) is 30.3 Å². The van der Waals surface area contributed by atoms with Crippen LogP contribution in [0.2, 0.25) is 5.82 Å². The highest BCUT2D eigenvalue weighted by Gasteiger charge is 2.04. The molecule has 0 aliphatic rings. The summed E-state index contributed by atoms with van der Waals surface area (Å²) in [5.41, 5.74) is 1.36. The second kappa shape index (κ2) is 7.56. The van der Waals surface area contributed by atoms with Crippen LogP contribution in [0.5, 0.6) is 0 Å². The third-order valence-corrected chi connectivity index (χ3v) is 2.79. The lowest BCUT2D eigenvalue weighted by Gasteiger charge is -2.09. The Hall–Kier alpha value is -0.715. The summed E-state index contributed by atoms with van der Waals surface area (Å²) in [6.45, 7) is 4.58. The third-order valence-electron chi connectivity index (χ3n) is 2.79. The summed E-state index contributed by atoms with van der Waals surface area (Å²) in [5, 5.41) is 0. The zero-order valence-electron chi connectivity index (χ0n) is 10.1. The van der Waals surface area contributed by atoms with Crippen molar-refractivity contribution in [1.29, 1.82) is 0 Å². The van der Waals surface area contributed by atoms with Crippen molar-refractivity contribution in [1.82, 2.24) is 0 Å². The van der Waals surface area contributed by atoms with E-state index in [1.165, 1.54) is 37.6 Å². The van der Waals surface area contributed by atoms with Crippen LogP contribution in [-0.2, 0) is 0 Å². The molecule has 1 atom stereocenters. The Morgan fingerprint density at radius 1 is 1.07 bits per heavy atom. The van der Waals surface area contributed by atoms with Gasteiger partial charge in [0.1, 0.15) is 0 Å². The van der Waals surface area contributed by atoms with E-state index in [0.29, 0.717) is 5.82 Å². The monoisotopic (exact) mass is 201 g/mol. The van der Waals surface area contributed by atoms with Gasteiger partial charge in [-0.3, -0.25) is 0 Å². The van der Waals surface area contributed by atoms with E-state index in [1.807, 2.05) is 0 Å². The van der Waals surface area contributed by atoms with Crippen LogP contribution in [0.25, 0.3) is 0 Å². The van der Waals surface area contributed by atoms with E-state index in [2.05, 4.69) is 51.5 Å². The number of rotatable bonds is 7. The second-order valence-corrected chi connectivity index (χ2v) is 4.40. The molecule has 15 heavy (non-hydrogen) atoms. The Balaban J connectivity index is 2.16. The summed E-state index contributed by atoms with van der Waals surface area (Å²) in [7, 11) is 2.38. The van der Waals surface area contributed by atoms with Gasteiger partial charge in [-0.05, 0) is 0 Å². The van der Waals surface area contributed by atoms with E-state index in [0.717, 1.165) is 0 Å². The van der Waals surface area contributed by atoms with Crippen LogP contribution in [0.3, 0.4) is 0 Å². The van der Waals surface area contributed by atoms with Crippen molar-refractivity contribution in [2.45, 2.75) is 51.8 Å². The number of benzene rings is 1. The lowest BCUT2D eigenvalue weighted by molar-refractivity contribution is 0.623. The summed E-state index contributed by atoms with van der Waals surface area (Å²) in [4.78, 5) is 0. The molecule has 0 aliphatic heterocycles. The van der Waals surface area contributed by atoms with Crippen LogP contribution >= 0.6 is 0 Å². The Bertz CT molecular complexity index is 243. The van der Waals surface area contributed by atoms with Crippen LogP contribution in [-0.4, -0.2) is 7.28 Å². The average Bonchev–Trinajstić information content (AvgIpc) is 2.26. The molecule has 0 spiro atoms. The smallest absolute Gasteiger partial charge is 0.0875 e. The van der Waals surface area contributed by atoms with Gasteiger partial charge >= 0.3 is 0 Å². The molecule has 1 radical (unpaired) electrons. The molecule has 0 aliphatic carbocycles. The molecule has 0 fully saturated rings. The minimum Gasteiger partial charge on any atom is -0.0875 e. The Labute approximate surface area is 95.3 Å². The van der Waals surface area contributed by atoms with Crippen molar-refractivity contribution in [3.8, 4) is 0 Å². The maximum atomic E-state index is 2.38. The molecule has 0 N–H and O–H groups in total. The second-order valence-electron chi connectivity index (χ2n) is 4.40. The fraction of sp³-hybridized carbons (Fsp3) is 0.571. The van der Waals surface area contributed by atoms with Crippen molar-refractivity contribution < 1.29 is 0 Å². The summed E-state index contributed by atoms with van der Waals surface area (Å²) < 4.78 is 0. The van der Waals surface area contributed by atoms with Crippen LogP contribution in [0.15, 0.2) is 30.3 Å². The molecular formula is C14H22B. The van der Waals surface area contributed by atoms with Crippen LogP contribution in [0.1, 0.15) is 46.0 Å². The van der Waals surface area contributed by atoms with E-state index in [1.54, 1.807) is 0 Å². The fourth-order valence-corrected chi connectivity index (χ4v) is 1.87. The zero-order valence-corrected chi connectivity index (χ0v) is 10.1. The lowest BCUT2D eigenvalue weighted by Crippen LogP contribution is -2.17. The topological polar surface area (TPSA) is 0 Å². The van der Waals surface area contributed by atoms with Gasteiger partial charge in [-0.1, -0.05) is 87.6 Å². The van der Waals surface area contributed by atoms with Crippen molar-refractivity contribution in [2.24, 2.45) is 0 Å². The highest BCUT2D eigenvalue weighted by molar-refractivity contribution is 6.54. The molecule has 0 nitrogen and oxygen atoms in total. The SMILES string of the molecule is CCCCCCC(C)[B]c1ccccc1. The van der Waals surface area contributed by atoms with Gasteiger partial charge in [0.2, 0.25) is 0 Å². The summed E-state index contributed by atoms with van der Waals surface area (Å²) in [6.07, 6.45) is 6.81. The molecule has 81 valence electrons. The summed E-state index contributed by atoms with van der Waals surface area (Å²) in [6, 6.07) is 10.7. The highest BCUT2D eigenvalue weighted by atomic mass is 14.0. The molecule has 0 saturated heterocycles. The molecule has 1 aromatic carbocycles.